The summed E-state index contributed by atoms with van der Waals surface area (Å²) in [6.07, 6.45) is 35.9. The van der Waals surface area contributed by atoms with Crippen molar-refractivity contribution in [1.29, 1.82) is 0 Å². The van der Waals surface area contributed by atoms with Crippen molar-refractivity contribution in [1.82, 2.24) is 0 Å². The molecule has 2 saturated heterocycles. The third-order valence-electron chi connectivity index (χ3n) is 12.9. The van der Waals surface area contributed by atoms with Crippen LogP contribution in [0.1, 0.15) is 207 Å². The number of ether oxygens (including phenoxy) is 4. The summed E-state index contributed by atoms with van der Waals surface area (Å²) in [7, 11) is 0. The quantitative estimate of drug-likeness (QED) is 0.0373. The van der Waals surface area contributed by atoms with E-state index in [2.05, 4.69) is 27.7 Å². The summed E-state index contributed by atoms with van der Waals surface area (Å²) in [4.78, 5) is 0. The lowest BCUT2D eigenvalue weighted by atomic mass is 9.55. The van der Waals surface area contributed by atoms with Crippen molar-refractivity contribution in [2.75, 3.05) is 26.4 Å². The van der Waals surface area contributed by atoms with Crippen molar-refractivity contribution < 1.29 is 29.2 Å². The van der Waals surface area contributed by atoms with Gasteiger partial charge in [0.25, 0.3) is 0 Å². The molecule has 6 heteroatoms. The molecule has 0 radical (unpaired) electrons. The van der Waals surface area contributed by atoms with Crippen LogP contribution < -0.4 is 0 Å². The van der Waals surface area contributed by atoms with E-state index in [1.807, 2.05) is 0 Å². The molecule has 2 heterocycles. The van der Waals surface area contributed by atoms with Crippen molar-refractivity contribution in [2.45, 2.75) is 232 Å². The van der Waals surface area contributed by atoms with Crippen molar-refractivity contribution >= 4 is 0 Å². The highest BCUT2D eigenvalue weighted by atomic mass is 16.6. The van der Waals surface area contributed by atoms with Gasteiger partial charge in [0.2, 0.25) is 0 Å². The lowest BCUT2D eigenvalue weighted by molar-refractivity contribution is -0.108. The second kappa shape index (κ2) is 29.1. The molecule has 0 aromatic heterocycles. The summed E-state index contributed by atoms with van der Waals surface area (Å²) in [5, 5.41) is 20.2. The van der Waals surface area contributed by atoms with E-state index in [1.54, 1.807) is 0 Å². The van der Waals surface area contributed by atoms with E-state index in [-0.39, 0.29) is 12.2 Å². The molecule has 308 valence electrons. The SMILES string of the molecule is CCCCCC(C)CCCC(CCCCCCCC(O)OCC1CO1)C1C(CCCCCCCC(O)OCC2CO2)CC1CCC(C)CCCCC. The van der Waals surface area contributed by atoms with Crippen molar-refractivity contribution in [3.05, 3.63) is 0 Å². The summed E-state index contributed by atoms with van der Waals surface area (Å²) >= 11 is 0. The van der Waals surface area contributed by atoms with Crippen molar-refractivity contribution in [3.63, 3.8) is 0 Å². The first-order chi connectivity index (χ1) is 25.4. The number of rotatable bonds is 38. The lowest BCUT2D eigenvalue weighted by Gasteiger charge is -2.50. The molecule has 10 unspecified atom stereocenters. The van der Waals surface area contributed by atoms with E-state index in [0.717, 1.165) is 74.4 Å². The van der Waals surface area contributed by atoms with Crippen LogP contribution in [0.15, 0.2) is 0 Å². The minimum absolute atomic E-state index is 0.222. The molecular formula is C46H88O6. The number of hydrogen-bond donors (Lipinski definition) is 2. The van der Waals surface area contributed by atoms with Gasteiger partial charge in [-0.05, 0) is 74.0 Å². The van der Waals surface area contributed by atoms with E-state index in [1.165, 1.54) is 154 Å². The largest absolute Gasteiger partial charge is 0.371 e. The van der Waals surface area contributed by atoms with Gasteiger partial charge in [-0.1, -0.05) is 169 Å². The Morgan fingerprint density at radius 2 is 0.923 bits per heavy atom. The Balaban J connectivity index is 1.45. The second-order valence-corrected chi connectivity index (χ2v) is 18.0. The van der Waals surface area contributed by atoms with E-state index < -0.39 is 12.6 Å². The molecule has 52 heavy (non-hydrogen) atoms. The molecule has 6 nitrogen and oxygen atoms in total. The zero-order valence-electron chi connectivity index (χ0n) is 34.9. The minimum Gasteiger partial charge on any atom is -0.371 e. The summed E-state index contributed by atoms with van der Waals surface area (Å²) < 4.78 is 21.4. The van der Waals surface area contributed by atoms with Crippen molar-refractivity contribution in [3.8, 4) is 0 Å². The number of epoxide rings is 2. The molecule has 3 aliphatic rings. The maximum Gasteiger partial charge on any atom is 0.154 e. The first-order valence-corrected chi connectivity index (χ1v) is 23.2. The predicted molar refractivity (Wildman–Crippen MR) is 216 cm³/mol. The maximum absolute atomic E-state index is 10.1. The Kier molecular flexibility index (Phi) is 25.8. The standard InChI is InChI=1S/C46H88O6/c1-5-7-15-22-37(3)24-21-27-39(25-17-11-9-13-19-28-44(47)51-35-42-33-49-42)46-40(32-41(46)31-30-38(4)23-16-8-6-2)26-18-12-10-14-20-29-45(48)52-36-43-34-50-43/h37-48H,5-36H2,1-4H3. The van der Waals surface area contributed by atoms with Gasteiger partial charge in [0.05, 0.1) is 26.4 Å². The Morgan fingerprint density at radius 3 is 1.46 bits per heavy atom. The van der Waals surface area contributed by atoms with Gasteiger partial charge >= 0.3 is 0 Å². The van der Waals surface area contributed by atoms with Gasteiger partial charge in [-0.3, -0.25) is 0 Å². The fourth-order valence-corrected chi connectivity index (χ4v) is 9.26. The lowest BCUT2D eigenvalue weighted by Crippen LogP contribution is -2.42. The van der Waals surface area contributed by atoms with Gasteiger partial charge in [-0.15, -0.1) is 0 Å². The third-order valence-corrected chi connectivity index (χ3v) is 12.9. The fraction of sp³-hybridized carbons (Fsp3) is 1.00. The highest BCUT2D eigenvalue weighted by Gasteiger charge is 2.43. The molecule has 0 bridgehead atoms. The summed E-state index contributed by atoms with van der Waals surface area (Å²) in [6.45, 7) is 12.3. The van der Waals surface area contributed by atoms with Gasteiger partial charge in [0.15, 0.2) is 12.6 Å². The normalized spacial score (nSPS) is 25.4. The molecule has 1 aliphatic carbocycles. The van der Waals surface area contributed by atoms with E-state index in [0.29, 0.717) is 13.2 Å². The molecular weight excluding hydrogens is 648 g/mol. The Hall–Kier alpha value is -0.240. The molecule has 0 aromatic carbocycles. The Labute approximate surface area is 322 Å². The summed E-state index contributed by atoms with van der Waals surface area (Å²) in [5.74, 6) is 5.50. The van der Waals surface area contributed by atoms with Gasteiger partial charge in [0.1, 0.15) is 12.2 Å². The van der Waals surface area contributed by atoms with Gasteiger partial charge in [-0.2, -0.15) is 0 Å². The Morgan fingerprint density at radius 1 is 0.500 bits per heavy atom. The van der Waals surface area contributed by atoms with E-state index >= 15 is 0 Å². The monoisotopic (exact) mass is 737 g/mol. The fourth-order valence-electron chi connectivity index (χ4n) is 9.26. The molecule has 1 saturated carbocycles. The number of unbranched alkanes of at least 4 members (excludes halogenated alkanes) is 12. The van der Waals surface area contributed by atoms with Gasteiger partial charge in [-0.25, -0.2) is 0 Å². The van der Waals surface area contributed by atoms with E-state index in [9.17, 15) is 10.2 Å². The average Bonchev–Trinajstić information content (AvgIpc) is 4.06. The smallest absolute Gasteiger partial charge is 0.154 e. The average molecular weight is 737 g/mol. The molecule has 0 spiro atoms. The third kappa shape index (κ3) is 22.3. The zero-order valence-corrected chi connectivity index (χ0v) is 34.9. The molecule has 2 aliphatic heterocycles. The first kappa shape index (κ1) is 46.1. The molecule has 0 amide bonds. The van der Waals surface area contributed by atoms with Crippen LogP contribution in [0.5, 0.6) is 0 Å². The Bertz CT molecular complexity index is 817. The van der Waals surface area contributed by atoms with Crippen LogP contribution in [0.3, 0.4) is 0 Å². The van der Waals surface area contributed by atoms with Crippen LogP contribution in [0.4, 0.5) is 0 Å². The zero-order chi connectivity index (χ0) is 37.2. The topological polar surface area (TPSA) is 84.0 Å². The molecule has 2 N–H and O–H groups in total. The van der Waals surface area contributed by atoms with Crippen LogP contribution in [0, 0.1) is 35.5 Å². The van der Waals surface area contributed by atoms with Crippen LogP contribution in [-0.4, -0.2) is 61.4 Å². The molecule has 0 aromatic rings. The van der Waals surface area contributed by atoms with Crippen LogP contribution >= 0.6 is 0 Å². The maximum atomic E-state index is 10.1. The van der Waals surface area contributed by atoms with E-state index in [4.69, 9.17) is 18.9 Å². The number of aliphatic hydroxyl groups is 2. The number of hydrogen-bond acceptors (Lipinski definition) is 6. The molecule has 3 rings (SSSR count). The summed E-state index contributed by atoms with van der Waals surface area (Å²) in [5.41, 5.74) is 0. The van der Waals surface area contributed by atoms with Crippen molar-refractivity contribution in [2.24, 2.45) is 35.5 Å². The minimum atomic E-state index is -0.625. The second-order valence-electron chi connectivity index (χ2n) is 18.0. The highest BCUT2D eigenvalue weighted by molar-refractivity contribution is 4.93. The molecule has 10 atom stereocenters. The summed E-state index contributed by atoms with van der Waals surface area (Å²) in [6, 6.07) is 0. The highest BCUT2D eigenvalue weighted by Crippen LogP contribution is 2.52. The van der Waals surface area contributed by atoms with Gasteiger partial charge < -0.3 is 29.2 Å². The van der Waals surface area contributed by atoms with Crippen LogP contribution in [-0.2, 0) is 18.9 Å². The van der Waals surface area contributed by atoms with Crippen LogP contribution in [0.25, 0.3) is 0 Å². The predicted octanol–water partition coefficient (Wildman–Crippen LogP) is 12.2. The molecule has 3 fully saturated rings. The van der Waals surface area contributed by atoms with Crippen LogP contribution in [0.2, 0.25) is 0 Å². The number of aliphatic hydroxyl groups excluding tert-OH is 2. The van der Waals surface area contributed by atoms with Gasteiger partial charge in [0, 0.05) is 0 Å². The first-order valence-electron chi connectivity index (χ1n) is 23.2.